The molecule has 0 aromatic carbocycles. The van der Waals surface area contributed by atoms with Gasteiger partial charge in [0.05, 0.1) is 12.6 Å². The van der Waals surface area contributed by atoms with E-state index in [1.165, 1.54) is 7.11 Å². The van der Waals surface area contributed by atoms with Crippen LogP contribution in [-0.2, 0) is 9.53 Å². The second-order valence-electron chi connectivity index (χ2n) is 0.805. The summed E-state index contributed by atoms with van der Waals surface area (Å²) in [7, 11) is 1.30. The molecule has 0 spiro atoms. The maximum absolute atomic E-state index is 9.36. The summed E-state index contributed by atoms with van der Waals surface area (Å²) in [4.78, 5) is 9.36. The molecule has 0 aliphatic rings. The zero-order valence-corrected chi connectivity index (χ0v) is 7.55. The monoisotopic (exact) mass is 128 g/mol. The van der Waals surface area contributed by atoms with E-state index in [4.69, 9.17) is 0 Å². The summed E-state index contributed by atoms with van der Waals surface area (Å²) in [5.41, 5.74) is 0. The first-order valence-electron chi connectivity index (χ1n) is 1.46. The Morgan fingerprint density at radius 2 is 2.29 bits per heavy atom. The smallest absolute Gasteiger partial charge is 0.548 e. The third kappa shape index (κ3) is 11.0. The Bertz CT molecular complexity index is 54.1. The molecule has 0 radical (unpaired) electrons. The summed E-state index contributed by atoms with van der Waals surface area (Å²) in [5.74, 6) is -1.18. The average Bonchev–Trinajstić information content (AvgIpc) is 1.35. The first kappa shape index (κ1) is 10.9. The van der Waals surface area contributed by atoms with E-state index in [1.807, 2.05) is 0 Å². The molecule has 0 aromatic rings. The van der Waals surface area contributed by atoms with Gasteiger partial charge in [0, 0.05) is 7.11 Å². The number of carbonyl (C=O) groups is 1. The van der Waals surface area contributed by atoms with Gasteiger partial charge in [0.2, 0.25) is 0 Å². The first-order valence-corrected chi connectivity index (χ1v) is 1.46. The minimum absolute atomic E-state index is 0. The fourth-order valence-corrected chi connectivity index (χ4v) is 0.118. The number of hydrogen-bond acceptors (Lipinski definition) is 3. The van der Waals surface area contributed by atoms with Gasteiger partial charge < -0.3 is 14.6 Å². The van der Waals surface area contributed by atoms with Crippen molar-refractivity contribution in [3.63, 3.8) is 0 Å². The van der Waals surface area contributed by atoms with Crippen LogP contribution in [0.25, 0.3) is 0 Å². The molecule has 3 nitrogen and oxygen atoms in total. The van der Waals surface area contributed by atoms with E-state index in [-0.39, 0.29) is 58.0 Å². The van der Waals surface area contributed by atoms with Gasteiger partial charge in [0.1, 0.15) is 0 Å². The molecule has 4 heteroatoms. The molecule has 0 N–H and O–H groups in total. The molecule has 0 amide bonds. The van der Waals surface area contributed by atoms with Gasteiger partial charge in [0.15, 0.2) is 0 Å². The molecule has 0 saturated carbocycles. The SMILES string of the molecule is COCC(=O)[O-].[K+]. The Hall–Kier alpha value is 1.07. The Morgan fingerprint density at radius 3 is 2.29 bits per heavy atom. The Balaban J connectivity index is 0. The summed E-state index contributed by atoms with van der Waals surface area (Å²) in [6.07, 6.45) is 0. The summed E-state index contributed by atoms with van der Waals surface area (Å²) in [5, 5.41) is 9.36. The van der Waals surface area contributed by atoms with Crippen LogP contribution in [0, 0.1) is 0 Å². The van der Waals surface area contributed by atoms with Crippen molar-refractivity contribution in [3.05, 3.63) is 0 Å². The molecule has 0 atom stereocenters. The fraction of sp³-hybridized carbons (Fsp3) is 0.667. The normalized spacial score (nSPS) is 7.00. The molecule has 36 valence electrons. The molecule has 0 unspecified atom stereocenters. The van der Waals surface area contributed by atoms with E-state index in [0.717, 1.165) is 0 Å². The second-order valence-corrected chi connectivity index (χ2v) is 0.805. The predicted octanol–water partition coefficient (Wildman–Crippen LogP) is -4.61. The zero-order valence-electron chi connectivity index (χ0n) is 4.43. The maximum Gasteiger partial charge on any atom is 1.00 e. The third-order valence-corrected chi connectivity index (χ3v) is 0.262. The van der Waals surface area contributed by atoms with Gasteiger partial charge in [-0.3, -0.25) is 0 Å². The molecular formula is C3H5KO3. The minimum atomic E-state index is -1.18. The molecular weight excluding hydrogens is 123 g/mol. The molecule has 0 aliphatic carbocycles. The van der Waals surface area contributed by atoms with Gasteiger partial charge in [0.25, 0.3) is 0 Å². The second kappa shape index (κ2) is 7.07. The van der Waals surface area contributed by atoms with Crippen molar-refractivity contribution in [1.29, 1.82) is 0 Å². The molecule has 0 aromatic heterocycles. The van der Waals surface area contributed by atoms with Gasteiger partial charge in [-0.1, -0.05) is 0 Å². The van der Waals surface area contributed by atoms with Crippen molar-refractivity contribution in [2.45, 2.75) is 0 Å². The fourth-order valence-electron chi connectivity index (χ4n) is 0.118. The van der Waals surface area contributed by atoms with Crippen molar-refractivity contribution in [2.24, 2.45) is 0 Å². The van der Waals surface area contributed by atoms with Crippen LogP contribution < -0.4 is 56.5 Å². The number of carbonyl (C=O) groups excluding carboxylic acids is 1. The van der Waals surface area contributed by atoms with Crippen LogP contribution >= 0.6 is 0 Å². The molecule has 0 aliphatic heterocycles. The number of ether oxygens (including phenoxy) is 1. The van der Waals surface area contributed by atoms with Crippen LogP contribution in [0.3, 0.4) is 0 Å². The largest absolute Gasteiger partial charge is 1.00 e. The van der Waals surface area contributed by atoms with Crippen LogP contribution in [0.2, 0.25) is 0 Å². The van der Waals surface area contributed by atoms with Crippen molar-refractivity contribution in [3.8, 4) is 0 Å². The summed E-state index contributed by atoms with van der Waals surface area (Å²) >= 11 is 0. The van der Waals surface area contributed by atoms with Gasteiger partial charge in [-0.25, -0.2) is 0 Å². The average molecular weight is 128 g/mol. The number of rotatable bonds is 2. The van der Waals surface area contributed by atoms with Crippen LogP contribution in [0.4, 0.5) is 0 Å². The molecule has 0 rings (SSSR count). The van der Waals surface area contributed by atoms with E-state index in [0.29, 0.717) is 0 Å². The molecule has 0 heterocycles. The van der Waals surface area contributed by atoms with Crippen LogP contribution in [0.1, 0.15) is 0 Å². The Labute approximate surface area is 84.5 Å². The quantitative estimate of drug-likeness (QED) is 0.352. The third-order valence-electron chi connectivity index (χ3n) is 0.262. The van der Waals surface area contributed by atoms with Crippen molar-refractivity contribution in [2.75, 3.05) is 13.7 Å². The van der Waals surface area contributed by atoms with Gasteiger partial charge >= 0.3 is 51.4 Å². The number of aliphatic carboxylic acids is 1. The summed E-state index contributed by atoms with van der Waals surface area (Å²) in [6.45, 7) is -0.319. The summed E-state index contributed by atoms with van der Waals surface area (Å²) in [6, 6.07) is 0. The summed E-state index contributed by atoms with van der Waals surface area (Å²) < 4.78 is 4.14. The van der Waals surface area contributed by atoms with Crippen LogP contribution in [-0.4, -0.2) is 19.7 Å². The molecule has 0 fully saturated rings. The van der Waals surface area contributed by atoms with Gasteiger partial charge in [-0.2, -0.15) is 0 Å². The minimum Gasteiger partial charge on any atom is -0.548 e. The van der Waals surface area contributed by atoms with Gasteiger partial charge in [-0.15, -0.1) is 0 Å². The first-order chi connectivity index (χ1) is 2.77. The maximum atomic E-state index is 9.36. The Kier molecular flexibility index (Phi) is 11.0. The van der Waals surface area contributed by atoms with Crippen LogP contribution in [0.5, 0.6) is 0 Å². The number of carboxylic acids is 1. The van der Waals surface area contributed by atoms with E-state index in [1.54, 1.807) is 0 Å². The number of carboxylic acid groups (broad SMARTS) is 1. The van der Waals surface area contributed by atoms with Crippen molar-refractivity contribution < 1.29 is 66.0 Å². The predicted molar refractivity (Wildman–Crippen MR) is 16.9 cm³/mol. The topological polar surface area (TPSA) is 49.4 Å². The Morgan fingerprint density at radius 1 is 1.86 bits per heavy atom. The van der Waals surface area contributed by atoms with E-state index >= 15 is 0 Å². The van der Waals surface area contributed by atoms with Crippen molar-refractivity contribution in [1.82, 2.24) is 0 Å². The van der Waals surface area contributed by atoms with Crippen LogP contribution in [0.15, 0.2) is 0 Å². The molecule has 0 bridgehead atoms. The molecule has 7 heavy (non-hydrogen) atoms. The van der Waals surface area contributed by atoms with Gasteiger partial charge in [-0.05, 0) is 0 Å². The van der Waals surface area contributed by atoms with E-state index in [2.05, 4.69) is 4.74 Å². The van der Waals surface area contributed by atoms with Crippen molar-refractivity contribution >= 4 is 5.97 Å². The number of hydrogen-bond donors (Lipinski definition) is 0. The standard InChI is InChI=1S/C3H6O3.K/c1-6-2-3(4)5;/h2H2,1H3,(H,4,5);/q;+1/p-1. The van der Waals surface area contributed by atoms with E-state index in [9.17, 15) is 9.90 Å². The van der Waals surface area contributed by atoms with E-state index < -0.39 is 5.97 Å². The molecule has 0 saturated heterocycles. The zero-order chi connectivity index (χ0) is 4.99. The number of methoxy groups -OCH3 is 1.